The topological polar surface area (TPSA) is 0 Å². The van der Waals surface area contributed by atoms with E-state index < -0.39 is 0 Å². The molecule has 0 aromatic heterocycles. The van der Waals surface area contributed by atoms with E-state index in [1.54, 1.807) is 0 Å². The molecule has 0 bridgehead atoms. The molecule has 0 heterocycles. The third kappa shape index (κ3) is 5.61. The quantitative estimate of drug-likeness (QED) is 0.144. The molecule has 8 aromatic carbocycles. The van der Waals surface area contributed by atoms with Gasteiger partial charge in [0, 0.05) is 11.8 Å². The fourth-order valence-corrected chi connectivity index (χ4v) is 11.0. The van der Waals surface area contributed by atoms with E-state index in [1.807, 2.05) is 0 Å². The lowest BCUT2D eigenvalue weighted by molar-refractivity contribution is 0.721. The molecule has 0 fully saturated rings. The molecule has 0 nitrogen and oxygen atoms in total. The van der Waals surface area contributed by atoms with E-state index in [0.717, 1.165) is 0 Å². The van der Waals surface area contributed by atoms with Crippen LogP contribution in [0.25, 0.3) is 44.6 Å². The average Bonchev–Trinajstić information content (AvgIpc) is 4.08. The molecule has 0 spiro atoms. The Bertz CT molecular complexity index is 2960. The Morgan fingerprint density at radius 1 is 0.145 bits per heavy atom. The average molecular weight is 787 g/mol. The third-order valence-corrected chi connectivity index (χ3v) is 13.2. The summed E-state index contributed by atoms with van der Waals surface area (Å²) in [7, 11) is 0. The molecule has 2 atom stereocenters. The zero-order valence-electron chi connectivity index (χ0n) is 34.2. The number of fused-ring (bicyclic) bond motifs is 5. The van der Waals surface area contributed by atoms with E-state index in [2.05, 4.69) is 243 Å². The second-order valence-electron chi connectivity index (χ2n) is 16.5. The van der Waals surface area contributed by atoms with Crippen molar-refractivity contribution in [3.8, 4) is 0 Å². The van der Waals surface area contributed by atoms with Crippen LogP contribution in [0.2, 0.25) is 0 Å². The second-order valence-corrected chi connectivity index (χ2v) is 16.5. The van der Waals surface area contributed by atoms with E-state index in [4.69, 9.17) is 0 Å². The van der Waals surface area contributed by atoms with Crippen molar-refractivity contribution in [2.24, 2.45) is 11.8 Å². The SMILES string of the molecule is c1ccc(C2=C(c3ccccc3)C(c3ccccc3)=C3C2=C(c2ccccc2)[C@@H]2C4=C(c5ccccc5)C(c5ccccc5)=C(c5ccccc5)C4=C(c4ccccc4)[C@H]32)cc1. The molecule has 0 heteroatoms. The van der Waals surface area contributed by atoms with Gasteiger partial charge in [-0.1, -0.05) is 243 Å². The fraction of sp³-hybridized carbons (Fsp3) is 0.0323. The van der Waals surface area contributed by atoms with Gasteiger partial charge in [-0.25, -0.2) is 0 Å². The van der Waals surface area contributed by atoms with Crippen molar-refractivity contribution in [3.05, 3.63) is 309 Å². The summed E-state index contributed by atoms with van der Waals surface area (Å²) in [4.78, 5) is 0. The maximum Gasteiger partial charge on any atom is 0.0224 e. The zero-order chi connectivity index (χ0) is 41.0. The Kier molecular flexibility index (Phi) is 8.75. The summed E-state index contributed by atoms with van der Waals surface area (Å²) >= 11 is 0. The Morgan fingerprint density at radius 3 is 0.548 bits per heavy atom. The number of benzene rings is 8. The maximum atomic E-state index is 2.36. The zero-order valence-corrected chi connectivity index (χ0v) is 34.2. The fourth-order valence-electron chi connectivity index (χ4n) is 11.0. The summed E-state index contributed by atoms with van der Waals surface area (Å²) in [6, 6.07) is 89.7. The number of rotatable bonds is 8. The molecule has 0 saturated carbocycles. The van der Waals surface area contributed by atoms with E-state index in [1.165, 1.54) is 111 Å². The lowest BCUT2D eigenvalue weighted by Crippen LogP contribution is -2.13. The van der Waals surface area contributed by atoms with Crippen LogP contribution in [0.4, 0.5) is 0 Å². The third-order valence-electron chi connectivity index (χ3n) is 13.2. The monoisotopic (exact) mass is 786 g/mol. The predicted molar refractivity (Wildman–Crippen MR) is 260 cm³/mol. The Hall–Kier alpha value is -7.80. The van der Waals surface area contributed by atoms with Crippen molar-refractivity contribution in [2.75, 3.05) is 0 Å². The highest BCUT2D eigenvalue weighted by Crippen LogP contribution is 2.73. The Balaban J connectivity index is 1.31. The van der Waals surface area contributed by atoms with Gasteiger partial charge in [0.15, 0.2) is 0 Å². The number of hydrogen-bond acceptors (Lipinski definition) is 0. The molecule has 0 aliphatic heterocycles. The minimum atomic E-state index is 0.0254. The number of hydrogen-bond donors (Lipinski definition) is 0. The van der Waals surface area contributed by atoms with Crippen LogP contribution in [0.1, 0.15) is 44.5 Å². The highest BCUT2D eigenvalue weighted by Gasteiger charge is 2.56. The van der Waals surface area contributed by atoms with Crippen molar-refractivity contribution < 1.29 is 0 Å². The Labute approximate surface area is 364 Å². The lowest BCUT2D eigenvalue weighted by atomic mass is 9.77. The summed E-state index contributed by atoms with van der Waals surface area (Å²) in [5.74, 6) is 0.0509. The molecule has 290 valence electrons. The molecular formula is C62H42. The van der Waals surface area contributed by atoms with Crippen molar-refractivity contribution in [2.45, 2.75) is 0 Å². The van der Waals surface area contributed by atoms with E-state index >= 15 is 0 Å². The highest BCUT2D eigenvalue weighted by atomic mass is 14.6. The molecule has 0 unspecified atom stereocenters. The van der Waals surface area contributed by atoms with Crippen molar-refractivity contribution >= 4 is 44.6 Å². The summed E-state index contributed by atoms with van der Waals surface area (Å²) in [5.41, 5.74) is 26.2. The second kappa shape index (κ2) is 15.0. The molecule has 0 radical (unpaired) electrons. The van der Waals surface area contributed by atoms with Gasteiger partial charge < -0.3 is 0 Å². The normalized spacial score (nSPS) is 17.9. The first-order valence-electron chi connectivity index (χ1n) is 21.8. The lowest BCUT2D eigenvalue weighted by Gasteiger charge is -2.25. The minimum absolute atomic E-state index is 0.0254. The molecule has 62 heavy (non-hydrogen) atoms. The van der Waals surface area contributed by atoms with Gasteiger partial charge in [-0.3, -0.25) is 0 Å². The van der Waals surface area contributed by atoms with Gasteiger partial charge in [0.05, 0.1) is 0 Å². The summed E-state index contributed by atoms with van der Waals surface area (Å²) in [5, 5.41) is 0. The first-order chi connectivity index (χ1) is 30.9. The van der Waals surface area contributed by atoms with E-state index in [-0.39, 0.29) is 11.8 Å². The van der Waals surface area contributed by atoms with Gasteiger partial charge in [-0.2, -0.15) is 0 Å². The highest BCUT2D eigenvalue weighted by molar-refractivity contribution is 6.33. The van der Waals surface area contributed by atoms with Crippen molar-refractivity contribution in [1.82, 2.24) is 0 Å². The summed E-state index contributed by atoms with van der Waals surface area (Å²) < 4.78 is 0. The maximum absolute atomic E-state index is 2.36. The number of allylic oxidation sites excluding steroid dienone is 12. The molecule has 4 aliphatic carbocycles. The Morgan fingerprint density at radius 2 is 0.323 bits per heavy atom. The van der Waals surface area contributed by atoms with Crippen LogP contribution in [0.3, 0.4) is 0 Å². The van der Waals surface area contributed by atoms with Gasteiger partial charge >= 0.3 is 0 Å². The summed E-state index contributed by atoms with van der Waals surface area (Å²) in [6.07, 6.45) is 0. The van der Waals surface area contributed by atoms with Crippen LogP contribution in [-0.2, 0) is 0 Å². The largest absolute Gasteiger partial charge is 0.0622 e. The minimum Gasteiger partial charge on any atom is -0.0622 e. The van der Waals surface area contributed by atoms with Crippen LogP contribution in [-0.4, -0.2) is 0 Å². The van der Waals surface area contributed by atoms with Gasteiger partial charge in [-0.05, 0) is 111 Å². The molecule has 4 aliphatic rings. The molecule has 0 amide bonds. The first-order valence-corrected chi connectivity index (χ1v) is 21.8. The molecular weight excluding hydrogens is 745 g/mol. The molecule has 0 saturated heterocycles. The molecule has 8 aromatic rings. The van der Waals surface area contributed by atoms with E-state index in [9.17, 15) is 0 Å². The summed E-state index contributed by atoms with van der Waals surface area (Å²) in [6.45, 7) is 0. The van der Waals surface area contributed by atoms with Crippen LogP contribution < -0.4 is 0 Å². The standard InChI is InChI=1S/C62H42/c1-9-25-41(26-10-1)49-51(43-29-13-3-14-30-43)57-55(47-37-21-7-22-38-47)62-60-54(46-35-19-6-20-36-46)50(42-27-11-2-12-28-42)52(44-31-15-4-16-32-44)58(60)56(48-39-23-8-24-40-48)61(62)59(57)53(49)45-33-17-5-18-34-45/h1-40,61-62H/t61-,62-/m1/s1. The van der Waals surface area contributed by atoms with Gasteiger partial charge in [0.25, 0.3) is 0 Å². The molecule has 0 N–H and O–H groups in total. The van der Waals surface area contributed by atoms with Crippen LogP contribution >= 0.6 is 0 Å². The van der Waals surface area contributed by atoms with Crippen LogP contribution in [0, 0.1) is 11.8 Å². The smallest absolute Gasteiger partial charge is 0.0224 e. The van der Waals surface area contributed by atoms with E-state index in [0.29, 0.717) is 0 Å². The predicted octanol–water partition coefficient (Wildman–Crippen LogP) is 15.3. The van der Waals surface area contributed by atoms with Gasteiger partial charge in [0.1, 0.15) is 0 Å². The van der Waals surface area contributed by atoms with Crippen molar-refractivity contribution in [1.29, 1.82) is 0 Å². The first kappa shape index (κ1) is 36.1. The van der Waals surface area contributed by atoms with Crippen molar-refractivity contribution in [3.63, 3.8) is 0 Å². The van der Waals surface area contributed by atoms with Crippen LogP contribution in [0.5, 0.6) is 0 Å². The molecule has 12 rings (SSSR count). The van der Waals surface area contributed by atoms with Gasteiger partial charge in [-0.15, -0.1) is 0 Å². The van der Waals surface area contributed by atoms with Crippen LogP contribution in [0.15, 0.2) is 265 Å². The van der Waals surface area contributed by atoms with Gasteiger partial charge in [0.2, 0.25) is 0 Å².